The molecule has 4 heteroatoms. The molecule has 5 rings (SSSR count). The van der Waals surface area contributed by atoms with E-state index in [0.717, 1.165) is 24.5 Å². The molecule has 2 bridgehead atoms. The highest BCUT2D eigenvalue weighted by molar-refractivity contribution is 5.98. The van der Waals surface area contributed by atoms with Gasteiger partial charge in [-0.05, 0) is 31.2 Å². The molecule has 0 radical (unpaired) electrons. The average molecular weight is 283 g/mol. The first kappa shape index (κ1) is 11.8. The summed E-state index contributed by atoms with van der Waals surface area (Å²) in [5.41, 5.74) is 2.35. The number of methoxy groups -OCH3 is 1. The van der Waals surface area contributed by atoms with E-state index in [1.165, 1.54) is 11.1 Å². The quantitative estimate of drug-likeness (QED) is 0.779. The van der Waals surface area contributed by atoms with Gasteiger partial charge in [-0.1, -0.05) is 12.1 Å². The SMILES string of the molecule is COc1ccc2c3c1OC1C(=O)C=CC4C(C2)N(C)C[C@]314. The molecule has 3 unspecified atom stereocenters. The van der Waals surface area contributed by atoms with Gasteiger partial charge in [-0.3, -0.25) is 4.79 Å². The van der Waals surface area contributed by atoms with Crippen LogP contribution in [-0.2, 0) is 16.6 Å². The monoisotopic (exact) mass is 283 g/mol. The first-order chi connectivity index (χ1) is 10.2. The van der Waals surface area contributed by atoms with Gasteiger partial charge < -0.3 is 14.4 Å². The van der Waals surface area contributed by atoms with Gasteiger partial charge >= 0.3 is 0 Å². The molecule has 2 aliphatic heterocycles. The predicted molar refractivity (Wildman–Crippen MR) is 76.8 cm³/mol. The summed E-state index contributed by atoms with van der Waals surface area (Å²) in [5, 5.41) is 0. The second-order valence-electron chi connectivity index (χ2n) is 6.64. The molecule has 1 aromatic carbocycles. The summed E-state index contributed by atoms with van der Waals surface area (Å²) in [6.07, 6.45) is 4.48. The Labute approximate surface area is 123 Å². The molecule has 2 aliphatic carbocycles. The number of carbonyl (C=O) groups is 1. The van der Waals surface area contributed by atoms with E-state index < -0.39 is 0 Å². The molecule has 108 valence electrons. The Kier molecular flexibility index (Phi) is 1.97. The molecule has 0 amide bonds. The van der Waals surface area contributed by atoms with Gasteiger partial charge in [0.2, 0.25) is 0 Å². The Morgan fingerprint density at radius 1 is 1.43 bits per heavy atom. The number of likely N-dealkylation sites (tertiary alicyclic amines) is 1. The molecule has 1 saturated heterocycles. The van der Waals surface area contributed by atoms with Crippen molar-refractivity contribution in [3.05, 3.63) is 35.4 Å². The van der Waals surface area contributed by atoms with Gasteiger partial charge in [-0.25, -0.2) is 0 Å². The van der Waals surface area contributed by atoms with Gasteiger partial charge in [0.15, 0.2) is 23.4 Å². The first-order valence-electron chi connectivity index (χ1n) is 7.46. The molecule has 0 N–H and O–H groups in total. The van der Waals surface area contributed by atoms with Crippen LogP contribution in [0.1, 0.15) is 11.1 Å². The molecule has 0 aromatic heterocycles. The van der Waals surface area contributed by atoms with Gasteiger partial charge in [0, 0.05) is 24.1 Å². The highest BCUT2D eigenvalue weighted by Crippen LogP contribution is 2.61. The number of hydrogen-bond acceptors (Lipinski definition) is 4. The zero-order valence-electron chi connectivity index (χ0n) is 12.1. The van der Waals surface area contributed by atoms with Gasteiger partial charge in [-0.2, -0.15) is 0 Å². The summed E-state index contributed by atoms with van der Waals surface area (Å²) in [6.45, 7) is 0.885. The Balaban J connectivity index is 1.86. The number of carbonyl (C=O) groups excluding carboxylic acids is 1. The fraction of sp³-hybridized carbons (Fsp3) is 0.471. The Bertz CT molecular complexity index is 710. The molecule has 1 fully saturated rings. The summed E-state index contributed by atoms with van der Waals surface area (Å²) in [6, 6.07) is 4.59. The Morgan fingerprint density at radius 3 is 3.10 bits per heavy atom. The fourth-order valence-electron chi connectivity index (χ4n) is 5.08. The first-order valence-corrected chi connectivity index (χ1v) is 7.46. The summed E-state index contributed by atoms with van der Waals surface area (Å²) < 4.78 is 11.6. The van der Waals surface area contributed by atoms with Crippen molar-refractivity contribution in [3.63, 3.8) is 0 Å². The van der Waals surface area contributed by atoms with Crippen molar-refractivity contribution in [3.8, 4) is 11.5 Å². The molecule has 4 aliphatic rings. The third-order valence-corrected chi connectivity index (χ3v) is 5.84. The van der Waals surface area contributed by atoms with Crippen molar-refractivity contribution in [1.82, 2.24) is 4.90 Å². The maximum atomic E-state index is 12.4. The van der Waals surface area contributed by atoms with Crippen molar-refractivity contribution in [2.45, 2.75) is 24.0 Å². The van der Waals surface area contributed by atoms with Crippen molar-refractivity contribution in [2.24, 2.45) is 5.92 Å². The summed E-state index contributed by atoms with van der Waals surface area (Å²) in [7, 11) is 3.82. The number of benzene rings is 1. The minimum Gasteiger partial charge on any atom is -0.493 e. The second kappa shape index (κ2) is 3.50. The minimum absolute atomic E-state index is 0.0893. The van der Waals surface area contributed by atoms with Crippen LogP contribution >= 0.6 is 0 Å². The van der Waals surface area contributed by atoms with E-state index in [4.69, 9.17) is 9.47 Å². The average Bonchev–Trinajstić information content (AvgIpc) is 2.92. The molecule has 21 heavy (non-hydrogen) atoms. The van der Waals surface area contributed by atoms with E-state index in [9.17, 15) is 4.79 Å². The molecule has 0 saturated carbocycles. The summed E-state index contributed by atoms with van der Waals surface area (Å²) >= 11 is 0. The molecule has 2 heterocycles. The fourth-order valence-corrected chi connectivity index (χ4v) is 5.08. The van der Waals surface area contributed by atoms with Crippen molar-refractivity contribution in [2.75, 3.05) is 20.7 Å². The molecular weight excluding hydrogens is 266 g/mol. The Hall–Kier alpha value is -1.81. The number of ether oxygens (including phenoxy) is 2. The Morgan fingerprint density at radius 2 is 2.29 bits per heavy atom. The number of nitrogens with zero attached hydrogens (tertiary/aromatic N) is 1. The largest absolute Gasteiger partial charge is 0.493 e. The van der Waals surface area contributed by atoms with Crippen LogP contribution in [0.25, 0.3) is 0 Å². The van der Waals surface area contributed by atoms with E-state index in [2.05, 4.69) is 24.1 Å². The van der Waals surface area contributed by atoms with E-state index in [0.29, 0.717) is 12.0 Å². The maximum Gasteiger partial charge on any atom is 0.196 e. The smallest absolute Gasteiger partial charge is 0.196 e. The van der Waals surface area contributed by atoms with Crippen molar-refractivity contribution < 1.29 is 14.3 Å². The normalized spacial score (nSPS) is 38.4. The van der Waals surface area contributed by atoms with Crippen LogP contribution in [0.3, 0.4) is 0 Å². The van der Waals surface area contributed by atoms with Crippen LogP contribution in [0.15, 0.2) is 24.3 Å². The van der Waals surface area contributed by atoms with Crippen LogP contribution in [0.2, 0.25) is 0 Å². The van der Waals surface area contributed by atoms with Crippen molar-refractivity contribution in [1.29, 1.82) is 0 Å². The molecule has 1 spiro atoms. The lowest BCUT2D eigenvalue weighted by atomic mass is 9.60. The van der Waals surface area contributed by atoms with Crippen LogP contribution in [0.4, 0.5) is 0 Å². The van der Waals surface area contributed by atoms with Crippen LogP contribution < -0.4 is 9.47 Å². The summed E-state index contributed by atoms with van der Waals surface area (Å²) in [5.74, 6) is 2.00. The number of ketones is 1. The van der Waals surface area contributed by atoms with Gasteiger partial charge in [0.1, 0.15) is 0 Å². The second-order valence-corrected chi connectivity index (χ2v) is 6.64. The third-order valence-electron chi connectivity index (χ3n) is 5.84. The lowest BCUT2D eigenvalue weighted by Gasteiger charge is -2.40. The predicted octanol–water partition coefficient (Wildman–Crippen LogP) is 1.32. The lowest BCUT2D eigenvalue weighted by molar-refractivity contribution is -0.124. The topological polar surface area (TPSA) is 38.8 Å². The van der Waals surface area contributed by atoms with Crippen LogP contribution in [-0.4, -0.2) is 43.5 Å². The van der Waals surface area contributed by atoms with E-state index in [-0.39, 0.29) is 17.3 Å². The van der Waals surface area contributed by atoms with Crippen LogP contribution in [0.5, 0.6) is 11.5 Å². The lowest BCUT2D eigenvalue weighted by Crippen LogP contribution is -2.53. The molecular formula is C17H17NO3. The van der Waals surface area contributed by atoms with Crippen LogP contribution in [0, 0.1) is 5.92 Å². The number of hydrogen-bond donors (Lipinski definition) is 0. The van der Waals surface area contributed by atoms with Gasteiger partial charge in [0.05, 0.1) is 12.5 Å². The molecule has 4 nitrogen and oxygen atoms in total. The highest BCUT2D eigenvalue weighted by Gasteiger charge is 2.67. The van der Waals surface area contributed by atoms with Gasteiger partial charge in [-0.15, -0.1) is 0 Å². The standard InChI is InChI=1S/C17H17NO3/c1-18-8-17-10-4-5-12(19)16(17)21-15-13(20-2)6-3-9(14(15)17)7-11(10)18/h3-6,10-11,16H,7-8H2,1-2H3/t10?,11?,16?,17-/m0/s1. The number of likely N-dealkylation sites (N-methyl/N-ethyl adjacent to an activating group) is 1. The zero-order chi connectivity index (χ0) is 14.4. The summed E-state index contributed by atoms with van der Waals surface area (Å²) in [4.78, 5) is 14.8. The number of rotatable bonds is 1. The third kappa shape index (κ3) is 1.12. The maximum absolute atomic E-state index is 12.4. The highest BCUT2D eigenvalue weighted by atomic mass is 16.5. The van der Waals surface area contributed by atoms with Gasteiger partial charge in [0.25, 0.3) is 0 Å². The molecule has 1 aromatic rings. The van der Waals surface area contributed by atoms with E-state index in [1.54, 1.807) is 13.2 Å². The van der Waals surface area contributed by atoms with Crippen molar-refractivity contribution >= 4 is 5.78 Å². The minimum atomic E-state index is -0.384. The van der Waals surface area contributed by atoms with E-state index >= 15 is 0 Å². The van der Waals surface area contributed by atoms with E-state index in [1.807, 2.05) is 6.07 Å². The zero-order valence-corrected chi connectivity index (χ0v) is 12.1. The molecule has 4 atom stereocenters.